The van der Waals surface area contributed by atoms with Crippen LogP contribution in [0.3, 0.4) is 0 Å². The molecule has 32 heavy (non-hydrogen) atoms. The van der Waals surface area contributed by atoms with Crippen LogP contribution >= 0.6 is 23.5 Å². The van der Waals surface area contributed by atoms with Crippen molar-refractivity contribution in [3.8, 4) is 0 Å². The molecule has 14 nitrogen and oxygen atoms in total. The van der Waals surface area contributed by atoms with Crippen molar-refractivity contribution < 1.29 is 55.9 Å². The molecule has 1 fully saturated rings. The zero-order valence-corrected chi connectivity index (χ0v) is 18.9. The van der Waals surface area contributed by atoms with Gasteiger partial charge in [0.25, 0.3) is 0 Å². The van der Waals surface area contributed by atoms with Crippen molar-refractivity contribution in [2.24, 2.45) is 0 Å². The van der Waals surface area contributed by atoms with Crippen LogP contribution < -0.4 is 0 Å². The van der Waals surface area contributed by atoms with Gasteiger partial charge in [-0.2, -0.15) is 8.62 Å². The van der Waals surface area contributed by atoms with Gasteiger partial charge in [-0.05, 0) is 18.6 Å². The molecule has 0 spiro atoms. The third-order valence-electron chi connectivity index (χ3n) is 4.81. The third-order valence-corrected chi connectivity index (χ3v) is 8.59. The van der Waals surface area contributed by atoms with Gasteiger partial charge in [0.1, 0.15) is 12.0 Å². The summed E-state index contributed by atoms with van der Waals surface area (Å²) in [5, 5.41) is 11.0. The number of hydrogen-bond acceptors (Lipinski definition) is 9. The molecule has 2 heterocycles. The summed E-state index contributed by atoms with van der Waals surface area (Å²) in [6.07, 6.45) is 0.929. The zero-order chi connectivity index (χ0) is 24.1. The number of phosphoric acid groups is 3. The van der Waals surface area contributed by atoms with Gasteiger partial charge in [-0.25, -0.2) is 28.1 Å². The molecule has 1 aliphatic rings. The van der Waals surface area contributed by atoms with Crippen molar-refractivity contribution in [3.63, 3.8) is 0 Å². The van der Waals surface area contributed by atoms with Gasteiger partial charge in [0.15, 0.2) is 5.67 Å². The second-order valence-electron chi connectivity index (χ2n) is 6.94. The first kappa shape index (κ1) is 25.3. The minimum absolute atomic E-state index is 0.206. The molecular formula is C14H19FN3O11P3. The van der Waals surface area contributed by atoms with Crippen molar-refractivity contribution in [1.82, 2.24) is 14.5 Å². The summed E-state index contributed by atoms with van der Waals surface area (Å²) in [4.78, 5) is 44.0. The van der Waals surface area contributed by atoms with E-state index in [1.807, 2.05) is 0 Å². The fraction of sp³-hybridized carbons (Fsp3) is 0.429. The molecule has 1 saturated carbocycles. The van der Waals surface area contributed by atoms with Crippen molar-refractivity contribution >= 4 is 34.5 Å². The SMILES string of the molecule is C=C1[C@@H](n2ccc3c(C)ncnc32)C[C@H](O)[C@@]1(F)COP(=O)(O)OP(=O)(O)OP(=O)(O)O. The van der Waals surface area contributed by atoms with E-state index in [9.17, 15) is 23.7 Å². The fourth-order valence-electron chi connectivity index (χ4n) is 3.33. The van der Waals surface area contributed by atoms with Crippen LogP contribution in [0.25, 0.3) is 11.0 Å². The summed E-state index contributed by atoms with van der Waals surface area (Å²) in [6.45, 7) is 4.04. The number of aromatic nitrogens is 3. The van der Waals surface area contributed by atoms with Crippen LogP contribution in [0.1, 0.15) is 18.2 Å². The molecule has 0 saturated heterocycles. The van der Waals surface area contributed by atoms with E-state index >= 15 is 4.39 Å². The highest BCUT2D eigenvalue weighted by Gasteiger charge is 2.53. The average molecular weight is 517 g/mol. The highest BCUT2D eigenvalue weighted by molar-refractivity contribution is 7.66. The van der Waals surface area contributed by atoms with Crippen LogP contribution in [-0.2, 0) is 26.8 Å². The van der Waals surface area contributed by atoms with Gasteiger partial charge < -0.3 is 29.2 Å². The fourth-order valence-corrected chi connectivity index (χ4v) is 6.38. The van der Waals surface area contributed by atoms with E-state index in [1.165, 1.54) is 6.33 Å². The number of rotatable bonds is 8. The summed E-state index contributed by atoms with van der Waals surface area (Å²) in [6, 6.07) is 0.862. The minimum Gasteiger partial charge on any atom is -0.389 e. The van der Waals surface area contributed by atoms with Gasteiger partial charge in [0.2, 0.25) is 0 Å². The average Bonchev–Trinajstić information content (AvgIpc) is 3.13. The van der Waals surface area contributed by atoms with E-state index in [-0.39, 0.29) is 12.0 Å². The first-order valence-corrected chi connectivity index (χ1v) is 13.2. The Morgan fingerprint density at radius 2 is 1.88 bits per heavy atom. The largest absolute Gasteiger partial charge is 0.490 e. The number of halogens is 1. The minimum atomic E-state index is -5.76. The Balaban J connectivity index is 1.77. The van der Waals surface area contributed by atoms with E-state index in [4.69, 9.17) is 14.7 Å². The molecule has 5 atom stereocenters. The predicted molar refractivity (Wildman–Crippen MR) is 105 cm³/mol. The number of fused-ring (bicyclic) bond motifs is 1. The Morgan fingerprint density at radius 3 is 2.50 bits per heavy atom. The molecule has 0 radical (unpaired) electrons. The molecule has 0 aromatic carbocycles. The lowest BCUT2D eigenvalue weighted by Gasteiger charge is -2.26. The maximum absolute atomic E-state index is 15.6. The van der Waals surface area contributed by atoms with Gasteiger partial charge in [0.05, 0.1) is 24.4 Å². The van der Waals surface area contributed by atoms with Crippen LogP contribution in [-0.4, -0.2) is 57.6 Å². The molecule has 18 heteroatoms. The Hall–Kier alpha value is -1.34. The highest BCUT2D eigenvalue weighted by atomic mass is 31.3. The zero-order valence-electron chi connectivity index (χ0n) is 16.3. The molecule has 0 amide bonds. The predicted octanol–water partition coefficient (Wildman–Crippen LogP) is 1.65. The van der Waals surface area contributed by atoms with Crippen LogP contribution in [0.4, 0.5) is 4.39 Å². The highest BCUT2D eigenvalue weighted by Crippen LogP contribution is 2.66. The number of alkyl halides is 1. The second kappa shape index (κ2) is 8.46. The number of aryl methyl sites for hydroxylation is 1. The smallest absolute Gasteiger partial charge is 0.389 e. The molecular weight excluding hydrogens is 498 g/mol. The van der Waals surface area contributed by atoms with E-state index in [0.29, 0.717) is 16.7 Å². The number of hydrogen-bond donors (Lipinski definition) is 5. The van der Waals surface area contributed by atoms with Crippen LogP contribution in [0.5, 0.6) is 0 Å². The molecule has 5 N–H and O–H groups in total. The van der Waals surface area contributed by atoms with Crippen LogP contribution in [0.15, 0.2) is 30.7 Å². The molecule has 178 valence electrons. The molecule has 2 aromatic heterocycles. The first-order chi connectivity index (χ1) is 14.5. The van der Waals surface area contributed by atoms with Crippen molar-refractivity contribution in [2.75, 3.05) is 6.61 Å². The molecule has 2 unspecified atom stereocenters. The Kier molecular flexibility index (Phi) is 6.69. The van der Waals surface area contributed by atoms with Crippen molar-refractivity contribution in [2.45, 2.75) is 31.2 Å². The Labute approximate surface area is 179 Å². The molecule has 3 rings (SSSR count). The summed E-state index contributed by atoms with van der Waals surface area (Å²) in [5.74, 6) is 0. The standard InChI is InChI=1S/C14H19FN3O11P3/c1-8-11(18-4-3-10-9(2)16-7-17-13(10)18)5-12(19)14(8,15)6-27-31(23,24)29-32(25,26)28-30(20,21)22/h3-4,7,11-12,19H,1,5-6H2,2H3,(H,23,24)(H,25,26)(H2,20,21,22)/t11-,12-,14+/m0/s1. The molecule has 0 bridgehead atoms. The number of phosphoric ester groups is 1. The van der Waals surface area contributed by atoms with E-state index < -0.39 is 47.9 Å². The van der Waals surface area contributed by atoms with Gasteiger partial charge in [-0.15, -0.1) is 0 Å². The molecule has 0 aliphatic heterocycles. The van der Waals surface area contributed by atoms with Crippen LogP contribution in [0.2, 0.25) is 0 Å². The number of aliphatic hydroxyl groups excluding tert-OH is 1. The van der Waals surface area contributed by atoms with Crippen LogP contribution in [0, 0.1) is 6.92 Å². The maximum Gasteiger partial charge on any atom is 0.490 e. The quantitative estimate of drug-likeness (QED) is 0.249. The summed E-state index contributed by atoms with van der Waals surface area (Å²) >= 11 is 0. The lowest BCUT2D eigenvalue weighted by Crippen LogP contribution is -2.38. The molecule has 2 aromatic rings. The van der Waals surface area contributed by atoms with Gasteiger partial charge in [-0.3, -0.25) is 4.52 Å². The Bertz CT molecular complexity index is 1200. The number of nitrogens with zero attached hydrogens (tertiary/aromatic N) is 3. The third kappa shape index (κ3) is 5.24. The maximum atomic E-state index is 15.6. The molecule has 1 aliphatic carbocycles. The number of aliphatic hydroxyl groups is 1. The second-order valence-corrected chi connectivity index (χ2v) is 11.4. The first-order valence-electron chi connectivity index (χ1n) is 8.67. The van der Waals surface area contributed by atoms with E-state index in [2.05, 4.69) is 29.7 Å². The lowest BCUT2D eigenvalue weighted by molar-refractivity contribution is -0.00237. The van der Waals surface area contributed by atoms with Crippen molar-refractivity contribution in [3.05, 3.63) is 36.4 Å². The van der Waals surface area contributed by atoms with E-state index in [1.54, 1.807) is 23.8 Å². The summed E-state index contributed by atoms with van der Waals surface area (Å²) in [7, 11) is -16.9. The summed E-state index contributed by atoms with van der Waals surface area (Å²) < 4.78 is 62.6. The van der Waals surface area contributed by atoms with Gasteiger partial charge >= 0.3 is 23.5 Å². The summed E-state index contributed by atoms with van der Waals surface area (Å²) in [5.41, 5.74) is -1.92. The Morgan fingerprint density at radius 1 is 1.22 bits per heavy atom. The normalized spacial score (nSPS) is 28.0. The topological polar surface area (TPSA) is 211 Å². The van der Waals surface area contributed by atoms with Crippen molar-refractivity contribution in [1.29, 1.82) is 0 Å². The van der Waals surface area contributed by atoms with Gasteiger partial charge in [-0.1, -0.05) is 6.58 Å². The van der Waals surface area contributed by atoms with E-state index in [0.717, 1.165) is 0 Å². The monoisotopic (exact) mass is 517 g/mol. The van der Waals surface area contributed by atoms with Gasteiger partial charge in [0, 0.05) is 18.0 Å². The lowest BCUT2D eigenvalue weighted by atomic mass is 9.99.